The number of piperidine rings is 1. The second-order valence-corrected chi connectivity index (χ2v) is 4.05. The molecule has 3 atom stereocenters. The van der Waals surface area contributed by atoms with E-state index in [0.29, 0.717) is 5.92 Å². The second kappa shape index (κ2) is 3.55. The fourth-order valence-corrected chi connectivity index (χ4v) is 2.05. The van der Waals surface area contributed by atoms with Gasteiger partial charge in [0.05, 0.1) is 0 Å². The summed E-state index contributed by atoms with van der Waals surface area (Å²) in [7, 11) is 2.19. The van der Waals surface area contributed by atoms with E-state index < -0.39 is 0 Å². The molecule has 0 radical (unpaired) electrons. The van der Waals surface area contributed by atoms with E-state index in [4.69, 9.17) is 5.73 Å². The quantitative estimate of drug-likeness (QED) is 0.608. The van der Waals surface area contributed by atoms with Gasteiger partial charge in [-0.15, -0.1) is 0 Å². The molecule has 0 aromatic rings. The second-order valence-electron chi connectivity index (χ2n) is 4.05. The van der Waals surface area contributed by atoms with E-state index in [1.807, 2.05) is 0 Å². The van der Waals surface area contributed by atoms with Crippen molar-refractivity contribution in [1.82, 2.24) is 4.90 Å². The zero-order chi connectivity index (χ0) is 8.43. The highest BCUT2D eigenvalue weighted by Crippen LogP contribution is 2.26. The first-order chi connectivity index (χ1) is 5.15. The highest BCUT2D eigenvalue weighted by atomic mass is 15.1. The highest BCUT2D eigenvalue weighted by molar-refractivity contribution is 4.81. The standard InChI is InChI=1S/C9H20N2/c1-7-5-11(3)6-9(4-10)8(7)2/h7-9H,4-6,10H2,1-3H3. The van der Waals surface area contributed by atoms with Crippen LogP contribution >= 0.6 is 0 Å². The number of nitrogens with two attached hydrogens (primary N) is 1. The Morgan fingerprint density at radius 1 is 1.36 bits per heavy atom. The van der Waals surface area contributed by atoms with E-state index in [0.717, 1.165) is 18.4 Å². The molecule has 2 heteroatoms. The molecule has 0 bridgehead atoms. The lowest BCUT2D eigenvalue weighted by Gasteiger charge is -2.39. The van der Waals surface area contributed by atoms with Crippen molar-refractivity contribution in [3.05, 3.63) is 0 Å². The third-order valence-corrected chi connectivity index (χ3v) is 3.09. The van der Waals surface area contributed by atoms with Crippen LogP contribution in [0.25, 0.3) is 0 Å². The van der Waals surface area contributed by atoms with Crippen LogP contribution in [-0.2, 0) is 0 Å². The van der Waals surface area contributed by atoms with Crippen LogP contribution in [0.3, 0.4) is 0 Å². The Kier molecular flexibility index (Phi) is 2.90. The lowest BCUT2D eigenvalue weighted by atomic mass is 9.80. The molecule has 3 unspecified atom stereocenters. The third kappa shape index (κ3) is 1.94. The van der Waals surface area contributed by atoms with Crippen molar-refractivity contribution in [3.8, 4) is 0 Å². The number of hydrogen-bond acceptors (Lipinski definition) is 2. The van der Waals surface area contributed by atoms with Gasteiger partial charge in [0.25, 0.3) is 0 Å². The van der Waals surface area contributed by atoms with Crippen molar-refractivity contribution >= 4 is 0 Å². The monoisotopic (exact) mass is 156 g/mol. The van der Waals surface area contributed by atoms with Gasteiger partial charge in [-0.3, -0.25) is 0 Å². The Hall–Kier alpha value is -0.0800. The summed E-state index contributed by atoms with van der Waals surface area (Å²) in [6, 6.07) is 0. The predicted molar refractivity (Wildman–Crippen MR) is 48.4 cm³/mol. The van der Waals surface area contributed by atoms with Gasteiger partial charge in [-0.2, -0.15) is 0 Å². The van der Waals surface area contributed by atoms with E-state index in [2.05, 4.69) is 25.8 Å². The molecule has 0 aliphatic carbocycles. The van der Waals surface area contributed by atoms with Gasteiger partial charge in [0.2, 0.25) is 0 Å². The summed E-state index contributed by atoms with van der Waals surface area (Å²) in [5.74, 6) is 2.32. The van der Waals surface area contributed by atoms with Crippen LogP contribution in [-0.4, -0.2) is 31.6 Å². The summed E-state index contributed by atoms with van der Waals surface area (Å²) in [5, 5.41) is 0. The number of nitrogens with zero attached hydrogens (tertiary/aromatic N) is 1. The van der Waals surface area contributed by atoms with Crippen LogP contribution in [0.4, 0.5) is 0 Å². The van der Waals surface area contributed by atoms with Crippen molar-refractivity contribution < 1.29 is 0 Å². The van der Waals surface area contributed by atoms with Crippen molar-refractivity contribution in [2.24, 2.45) is 23.5 Å². The summed E-state index contributed by atoms with van der Waals surface area (Å²) in [4.78, 5) is 2.39. The Morgan fingerprint density at radius 2 is 2.00 bits per heavy atom. The zero-order valence-corrected chi connectivity index (χ0v) is 7.88. The maximum Gasteiger partial charge on any atom is 0.00214 e. The Balaban J connectivity index is 2.51. The maximum atomic E-state index is 5.69. The molecule has 1 aliphatic heterocycles. The molecule has 1 fully saturated rings. The Labute approximate surface area is 69.8 Å². The van der Waals surface area contributed by atoms with E-state index in [9.17, 15) is 0 Å². The zero-order valence-electron chi connectivity index (χ0n) is 7.88. The van der Waals surface area contributed by atoms with E-state index >= 15 is 0 Å². The van der Waals surface area contributed by atoms with Crippen molar-refractivity contribution in [2.45, 2.75) is 13.8 Å². The van der Waals surface area contributed by atoms with E-state index in [1.54, 1.807) is 0 Å². The van der Waals surface area contributed by atoms with Crippen LogP contribution < -0.4 is 5.73 Å². The number of hydrogen-bond donors (Lipinski definition) is 1. The Bertz CT molecular complexity index is 125. The van der Waals surface area contributed by atoms with Gasteiger partial charge in [-0.05, 0) is 31.3 Å². The van der Waals surface area contributed by atoms with Gasteiger partial charge in [0.15, 0.2) is 0 Å². The normalized spacial score (nSPS) is 40.9. The van der Waals surface area contributed by atoms with Gasteiger partial charge < -0.3 is 10.6 Å². The molecular weight excluding hydrogens is 136 g/mol. The summed E-state index contributed by atoms with van der Waals surface area (Å²) in [5.41, 5.74) is 5.69. The molecule has 0 aromatic heterocycles. The number of likely N-dealkylation sites (tertiary alicyclic amines) is 1. The van der Waals surface area contributed by atoms with Crippen LogP contribution in [0, 0.1) is 17.8 Å². The minimum absolute atomic E-state index is 0.712. The smallest absolute Gasteiger partial charge is 0.00214 e. The predicted octanol–water partition coefficient (Wildman–Crippen LogP) is 0.779. The molecule has 0 amide bonds. The molecule has 66 valence electrons. The fourth-order valence-electron chi connectivity index (χ4n) is 2.05. The molecule has 2 N–H and O–H groups in total. The summed E-state index contributed by atoms with van der Waals surface area (Å²) in [6.07, 6.45) is 0. The number of rotatable bonds is 1. The molecule has 2 nitrogen and oxygen atoms in total. The molecule has 0 spiro atoms. The first-order valence-electron chi connectivity index (χ1n) is 4.53. The third-order valence-electron chi connectivity index (χ3n) is 3.09. The fraction of sp³-hybridized carbons (Fsp3) is 1.00. The molecular formula is C9H20N2. The summed E-state index contributed by atoms with van der Waals surface area (Å²) >= 11 is 0. The van der Waals surface area contributed by atoms with Crippen molar-refractivity contribution in [1.29, 1.82) is 0 Å². The topological polar surface area (TPSA) is 29.3 Å². The van der Waals surface area contributed by atoms with E-state index in [-0.39, 0.29) is 0 Å². The van der Waals surface area contributed by atoms with Crippen molar-refractivity contribution in [3.63, 3.8) is 0 Å². The minimum atomic E-state index is 0.712. The van der Waals surface area contributed by atoms with Crippen molar-refractivity contribution in [2.75, 3.05) is 26.7 Å². The molecule has 1 rings (SSSR count). The minimum Gasteiger partial charge on any atom is -0.330 e. The molecule has 1 heterocycles. The van der Waals surface area contributed by atoms with Gasteiger partial charge in [0, 0.05) is 13.1 Å². The maximum absolute atomic E-state index is 5.69. The molecule has 1 saturated heterocycles. The lowest BCUT2D eigenvalue weighted by molar-refractivity contribution is 0.104. The largest absolute Gasteiger partial charge is 0.330 e. The van der Waals surface area contributed by atoms with E-state index in [1.165, 1.54) is 13.1 Å². The highest BCUT2D eigenvalue weighted by Gasteiger charge is 2.28. The van der Waals surface area contributed by atoms with Gasteiger partial charge in [-0.1, -0.05) is 13.8 Å². The first-order valence-corrected chi connectivity index (χ1v) is 4.53. The Morgan fingerprint density at radius 3 is 2.55 bits per heavy atom. The van der Waals surface area contributed by atoms with Crippen LogP contribution in [0.15, 0.2) is 0 Å². The SMILES string of the molecule is CC1CN(C)CC(CN)C1C. The van der Waals surface area contributed by atoms with Crippen LogP contribution in [0.1, 0.15) is 13.8 Å². The van der Waals surface area contributed by atoms with Crippen LogP contribution in [0.5, 0.6) is 0 Å². The van der Waals surface area contributed by atoms with Gasteiger partial charge in [0.1, 0.15) is 0 Å². The summed E-state index contributed by atoms with van der Waals surface area (Å²) in [6.45, 7) is 7.91. The average molecular weight is 156 g/mol. The molecule has 0 saturated carbocycles. The molecule has 11 heavy (non-hydrogen) atoms. The first kappa shape index (κ1) is 9.01. The summed E-state index contributed by atoms with van der Waals surface area (Å²) < 4.78 is 0. The van der Waals surface area contributed by atoms with Crippen LogP contribution in [0.2, 0.25) is 0 Å². The molecule has 0 aromatic carbocycles. The molecule has 1 aliphatic rings. The lowest BCUT2D eigenvalue weighted by Crippen LogP contribution is -2.45. The van der Waals surface area contributed by atoms with Gasteiger partial charge in [-0.25, -0.2) is 0 Å². The van der Waals surface area contributed by atoms with Gasteiger partial charge >= 0.3 is 0 Å². The average Bonchev–Trinajstić information content (AvgIpc) is 1.96.